The van der Waals surface area contributed by atoms with E-state index in [9.17, 15) is 4.79 Å². The number of amides is 1. The van der Waals surface area contributed by atoms with E-state index in [1.807, 2.05) is 4.90 Å². The Labute approximate surface area is 98.9 Å². The summed E-state index contributed by atoms with van der Waals surface area (Å²) in [6.45, 7) is 3.54. The van der Waals surface area contributed by atoms with E-state index in [1.54, 1.807) is 5.38 Å². The van der Waals surface area contributed by atoms with Crippen LogP contribution in [0.5, 0.6) is 0 Å². The lowest BCUT2D eigenvalue weighted by atomic mass is 10.3. The minimum atomic E-state index is 0.00301. The van der Waals surface area contributed by atoms with Gasteiger partial charge in [0.1, 0.15) is 5.69 Å². The topological polar surface area (TPSA) is 62.5 Å². The number of rotatable bonds is 1. The second-order valence-corrected chi connectivity index (χ2v) is 4.91. The zero-order chi connectivity index (χ0) is 11.5. The number of thiazole rings is 1. The maximum absolute atomic E-state index is 12.1. The molecule has 88 valence electrons. The monoisotopic (exact) mass is 240 g/mol. The Morgan fingerprint density at radius 3 is 2.94 bits per heavy atom. The van der Waals surface area contributed by atoms with Crippen molar-refractivity contribution in [2.24, 2.45) is 0 Å². The number of aromatic nitrogens is 1. The molecule has 0 spiro atoms. The largest absolute Gasteiger partial charge is 0.375 e. The summed E-state index contributed by atoms with van der Waals surface area (Å²) in [6.07, 6.45) is 1.02. The first-order chi connectivity index (χ1) is 7.66. The molecule has 2 rings (SSSR count). The second-order valence-electron chi connectivity index (χ2n) is 4.02. The molecule has 0 aromatic carbocycles. The highest BCUT2D eigenvalue weighted by Gasteiger charge is 2.20. The van der Waals surface area contributed by atoms with E-state index in [0.29, 0.717) is 10.8 Å². The van der Waals surface area contributed by atoms with Gasteiger partial charge in [0.25, 0.3) is 5.91 Å². The highest BCUT2D eigenvalue weighted by Crippen LogP contribution is 2.14. The fourth-order valence-corrected chi connectivity index (χ4v) is 2.33. The summed E-state index contributed by atoms with van der Waals surface area (Å²) in [7, 11) is 2.08. The molecular formula is C10H16N4OS. The van der Waals surface area contributed by atoms with Crippen LogP contribution < -0.4 is 5.73 Å². The zero-order valence-corrected chi connectivity index (χ0v) is 10.2. The maximum atomic E-state index is 12.1. The number of hydrogen-bond donors (Lipinski definition) is 1. The molecule has 6 heteroatoms. The van der Waals surface area contributed by atoms with Crippen LogP contribution in [-0.4, -0.2) is 53.9 Å². The van der Waals surface area contributed by atoms with Crippen molar-refractivity contribution in [2.75, 3.05) is 39.0 Å². The Morgan fingerprint density at radius 2 is 2.25 bits per heavy atom. The lowest BCUT2D eigenvalue weighted by Gasteiger charge is -2.19. The van der Waals surface area contributed by atoms with E-state index in [4.69, 9.17) is 5.73 Å². The molecule has 2 N–H and O–H groups in total. The van der Waals surface area contributed by atoms with Crippen LogP contribution in [0.4, 0.5) is 5.13 Å². The molecule has 1 fully saturated rings. The first-order valence-electron chi connectivity index (χ1n) is 5.35. The molecule has 0 radical (unpaired) electrons. The van der Waals surface area contributed by atoms with Crippen LogP contribution in [0.15, 0.2) is 5.38 Å². The molecule has 2 heterocycles. The zero-order valence-electron chi connectivity index (χ0n) is 9.35. The van der Waals surface area contributed by atoms with E-state index in [-0.39, 0.29) is 5.91 Å². The molecule has 16 heavy (non-hydrogen) atoms. The third kappa shape index (κ3) is 2.51. The van der Waals surface area contributed by atoms with Gasteiger partial charge in [0.05, 0.1) is 0 Å². The van der Waals surface area contributed by atoms with Crippen LogP contribution in [0.3, 0.4) is 0 Å². The van der Waals surface area contributed by atoms with Crippen molar-refractivity contribution in [3.05, 3.63) is 11.1 Å². The Hall–Kier alpha value is -1.14. The number of carbonyl (C=O) groups excluding carboxylic acids is 1. The van der Waals surface area contributed by atoms with E-state index in [1.165, 1.54) is 11.3 Å². The van der Waals surface area contributed by atoms with Gasteiger partial charge in [0, 0.05) is 25.0 Å². The van der Waals surface area contributed by atoms with Gasteiger partial charge in [-0.15, -0.1) is 11.3 Å². The van der Waals surface area contributed by atoms with Gasteiger partial charge in [-0.25, -0.2) is 4.98 Å². The Morgan fingerprint density at radius 1 is 1.44 bits per heavy atom. The van der Waals surface area contributed by atoms with E-state index in [2.05, 4.69) is 16.9 Å². The van der Waals surface area contributed by atoms with Crippen LogP contribution in [-0.2, 0) is 0 Å². The first-order valence-corrected chi connectivity index (χ1v) is 6.23. The molecule has 1 aliphatic heterocycles. The highest BCUT2D eigenvalue weighted by atomic mass is 32.1. The smallest absolute Gasteiger partial charge is 0.273 e. The maximum Gasteiger partial charge on any atom is 0.273 e. The lowest BCUT2D eigenvalue weighted by Crippen LogP contribution is -2.34. The quantitative estimate of drug-likeness (QED) is 0.776. The Kier molecular flexibility index (Phi) is 3.40. The molecule has 0 aliphatic carbocycles. The van der Waals surface area contributed by atoms with Crippen molar-refractivity contribution in [3.63, 3.8) is 0 Å². The van der Waals surface area contributed by atoms with Gasteiger partial charge in [0.15, 0.2) is 5.13 Å². The predicted octanol–water partition coefficient (Wildman–Crippen LogP) is 0.503. The molecule has 1 aliphatic rings. The third-order valence-electron chi connectivity index (χ3n) is 2.75. The molecule has 1 aromatic rings. The fraction of sp³-hybridized carbons (Fsp3) is 0.600. The van der Waals surface area contributed by atoms with Crippen LogP contribution in [0.25, 0.3) is 0 Å². The van der Waals surface area contributed by atoms with Crippen molar-refractivity contribution in [1.82, 2.24) is 14.8 Å². The van der Waals surface area contributed by atoms with Crippen molar-refractivity contribution in [1.29, 1.82) is 0 Å². The SMILES string of the molecule is CN1CCCN(C(=O)c2csc(N)n2)CC1. The fourth-order valence-electron chi connectivity index (χ4n) is 1.80. The van der Waals surface area contributed by atoms with Crippen LogP contribution in [0, 0.1) is 0 Å². The van der Waals surface area contributed by atoms with Gasteiger partial charge in [0.2, 0.25) is 0 Å². The second kappa shape index (κ2) is 4.80. The number of carbonyl (C=O) groups is 1. The van der Waals surface area contributed by atoms with Gasteiger partial charge in [-0.05, 0) is 20.0 Å². The van der Waals surface area contributed by atoms with Crippen LogP contribution >= 0.6 is 11.3 Å². The molecule has 1 aromatic heterocycles. The molecule has 0 bridgehead atoms. The molecular weight excluding hydrogens is 224 g/mol. The number of likely N-dealkylation sites (N-methyl/N-ethyl adjacent to an activating group) is 1. The van der Waals surface area contributed by atoms with Crippen LogP contribution in [0.1, 0.15) is 16.9 Å². The van der Waals surface area contributed by atoms with Crippen molar-refractivity contribution in [2.45, 2.75) is 6.42 Å². The number of anilines is 1. The normalized spacial score (nSPS) is 18.4. The van der Waals surface area contributed by atoms with Crippen molar-refractivity contribution >= 4 is 22.4 Å². The summed E-state index contributed by atoms with van der Waals surface area (Å²) < 4.78 is 0. The molecule has 0 unspecified atom stereocenters. The van der Waals surface area contributed by atoms with E-state index in [0.717, 1.165) is 32.6 Å². The van der Waals surface area contributed by atoms with Gasteiger partial charge in [-0.3, -0.25) is 4.79 Å². The molecule has 1 amide bonds. The van der Waals surface area contributed by atoms with Gasteiger partial charge in [-0.2, -0.15) is 0 Å². The minimum absolute atomic E-state index is 0.00301. The minimum Gasteiger partial charge on any atom is -0.375 e. The number of nitrogens with zero attached hydrogens (tertiary/aromatic N) is 3. The Bertz CT molecular complexity index is 379. The number of hydrogen-bond acceptors (Lipinski definition) is 5. The van der Waals surface area contributed by atoms with Gasteiger partial charge < -0.3 is 15.5 Å². The van der Waals surface area contributed by atoms with Gasteiger partial charge >= 0.3 is 0 Å². The average molecular weight is 240 g/mol. The summed E-state index contributed by atoms with van der Waals surface area (Å²) in [5, 5.41) is 2.18. The summed E-state index contributed by atoms with van der Waals surface area (Å²) >= 11 is 1.31. The summed E-state index contributed by atoms with van der Waals surface area (Å²) in [5.41, 5.74) is 6.01. The van der Waals surface area contributed by atoms with E-state index >= 15 is 0 Å². The number of nitrogens with two attached hydrogens (primary N) is 1. The molecule has 0 saturated carbocycles. The highest BCUT2D eigenvalue weighted by molar-refractivity contribution is 7.13. The summed E-state index contributed by atoms with van der Waals surface area (Å²) in [4.78, 5) is 20.2. The lowest BCUT2D eigenvalue weighted by molar-refractivity contribution is 0.0758. The predicted molar refractivity (Wildman–Crippen MR) is 64.5 cm³/mol. The molecule has 1 saturated heterocycles. The third-order valence-corrected chi connectivity index (χ3v) is 3.42. The van der Waals surface area contributed by atoms with Crippen molar-refractivity contribution in [3.8, 4) is 0 Å². The van der Waals surface area contributed by atoms with E-state index < -0.39 is 0 Å². The van der Waals surface area contributed by atoms with Crippen LogP contribution in [0.2, 0.25) is 0 Å². The summed E-state index contributed by atoms with van der Waals surface area (Å²) in [6, 6.07) is 0. The van der Waals surface area contributed by atoms with Crippen molar-refractivity contribution < 1.29 is 4.79 Å². The summed E-state index contributed by atoms with van der Waals surface area (Å²) in [5.74, 6) is 0.00301. The van der Waals surface area contributed by atoms with Gasteiger partial charge in [-0.1, -0.05) is 0 Å². The number of nitrogen functional groups attached to an aromatic ring is 1. The average Bonchev–Trinajstić information content (AvgIpc) is 2.57. The molecule has 5 nitrogen and oxygen atoms in total. The first kappa shape index (κ1) is 11.3. The molecule has 0 atom stereocenters. The Balaban J connectivity index is 2.04. The standard InChI is InChI=1S/C10H16N4OS/c1-13-3-2-4-14(6-5-13)9(15)8-7-16-10(11)12-8/h7H,2-6H2,1H3,(H2,11,12).